The van der Waals surface area contributed by atoms with Gasteiger partial charge in [-0.05, 0) is 37.1 Å². The van der Waals surface area contributed by atoms with Crippen molar-refractivity contribution in [3.63, 3.8) is 0 Å². The van der Waals surface area contributed by atoms with Crippen LogP contribution < -0.4 is 5.32 Å². The molecule has 1 aromatic rings. The molecule has 4 heteroatoms. The van der Waals surface area contributed by atoms with E-state index in [-0.39, 0.29) is 0 Å². The van der Waals surface area contributed by atoms with Crippen LogP contribution in [0.25, 0.3) is 0 Å². The Morgan fingerprint density at radius 1 is 1.19 bits per heavy atom. The van der Waals surface area contributed by atoms with Crippen molar-refractivity contribution < 1.29 is 9.84 Å². The summed E-state index contributed by atoms with van der Waals surface area (Å²) >= 11 is 5.84. The first-order chi connectivity index (χ1) is 10.2. The molecule has 21 heavy (non-hydrogen) atoms. The zero-order valence-electron chi connectivity index (χ0n) is 13.0. The summed E-state index contributed by atoms with van der Waals surface area (Å²) in [7, 11) is 0. The molecule has 0 spiro atoms. The third-order valence-corrected chi connectivity index (χ3v) is 3.59. The quantitative estimate of drug-likeness (QED) is 0.581. The molecule has 2 N–H and O–H groups in total. The Kier molecular flexibility index (Phi) is 10.5. The van der Waals surface area contributed by atoms with Crippen LogP contribution in [0.15, 0.2) is 24.3 Å². The lowest BCUT2D eigenvalue weighted by atomic mass is 10.1. The van der Waals surface area contributed by atoms with Gasteiger partial charge < -0.3 is 15.2 Å². The van der Waals surface area contributed by atoms with Gasteiger partial charge in [-0.15, -0.1) is 0 Å². The lowest BCUT2D eigenvalue weighted by Gasteiger charge is -2.12. The Bertz CT molecular complexity index is 356. The zero-order chi connectivity index (χ0) is 15.3. The molecule has 120 valence electrons. The predicted molar refractivity (Wildman–Crippen MR) is 89.0 cm³/mol. The maximum atomic E-state index is 9.78. The number of aliphatic hydroxyl groups is 1. The van der Waals surface area contributed by atoms with E-state index in [1.165, 1.54) is 24.8 Å². The smallest absolute Gasteiger partial charge is 0.0897 e. The van der Waals surface area contributed by atoms with Gasteiger partial charge in [0.25, 0.3) is 0 Å². The van der Waals surface area contributed by atoms with Gasteiger partial charge in [0.2, 0.25) is 0 Å². The number of hydrogen-bond acceptors (Lipinski definition) is 3. The van der Waals surface area contributed by atoms with Gasteiger partial charge in [0.05, 0.1) is 12.7 Å². The highest BCUT2D eigenvalue weighted by molar-refractivity contribution is 6.30. The van der Waals surface area contributed by atoms with E-state index in [9.17, 15) is 5.11 Å². The molecule has 0 aliphatic heterocycles. The lowest BCUT2D eigenvalue weighted by Crippen LogP contribution is -2.31. The predicted octanol–water partition coefficient (Wildman–Crippen LogP) is 3.43. The van der Waals surface area contributed by atoms with Crippen molar-refractivity contribution in [3.05, 3.63) is 34.9 Å². The highest BCUT2D eigenvalue weighted by Crippen LogP contribution is 2.09. The summed E-state index contributed by atoms with van der Waals surface area (Å²) in [6.45, 7) is 4.78. The molecule has 0 amide bonds. The third-order valence-electron chi connectivity index (χ3n) is 3.34. The molecule has 0 aromatic heterocycles. The Morgan fingerprint density at radius 3 is 2.67 bits per heavy atom. The second-order valence-corrected chi connectivity index (χ2v) is 5.81. The van der Waals surface area contributed by atoms with E-state index < -0.39 is 6.10 Å². The molecule has 1 unspecified atom stereocenters. The minimum Gasteiger partial charge on any atom is -0.389 e. The van der Waals surface area contributed by atoms with E-state index >= 15 is 0 Å². The second-order valence-electron chi connectivity index (χ2n) is 5.37. The molecule has 0 heterocycles. The molecular weight excluding hydrogens is 286 g/mol. The van der Waals surface area contributed by atoms with Crippen LogP contribution in [0.2, 0.25) is 5.02 Å². The first-order valence-corrected chi connectivity index (χ1v) is 8.31. The molecular formula is C17H28ClNO2. The standard InChI is InChI=1S/C17H28ClNO2/c1-2-3-4-5-12-21-14-17(20)13-19-11-10-15-6-8-16(18)9-7-15/h6-9,17,19-20H,2-5,10-14H2,1H3. The average molecular weight is 314 g/mol. The maximum absolute atomic E-state index is 9.78. The summed E-state index contributed by atoms with van der Waals surface area (Å²) in [5, 5.41) is 13.8. The Hall–Kier alpha value is -0.610. The number of nitrogens with one attached hydrogen (secondary N) is 1. The van der Waals surface area contributed by atoms with Crippen molar-refractivity contribution in [2.45, 2.75) is 45.1 Å². The first-order valence-electron chi connectivity index (χ1n) is 7.93. The van der Waals surface area contributed by atoms with Gasteiger partial charge in [0.15, 0.2) is 0 Å². The third kappa shape index (κ3) is 9.86. The van der Waals surface area contributed by atoms with Crippen molar-refractivity contribution in [1.29, 1.82) is 0 Å². The van der Waals surface area contributed by atoms with E-state index in [1.807, 2.05) is 24.3 Å². The number of benzene rings is 1. The van der Waals surface area contributed by atoms with Gasteiger partial charge in [-0.2, -0.15) is 0 Å². The Morgan fingerprint density at radius 2 is 1.95 bits per heavy atom. The summed E-state index contributed by atoms with van der Waals surface area (Å²) in [4.78, 5) is 0. The fraction of sp³-hybridized carbons (Fsp3) is 0.647. The lowest BCUT2D eigenvalue weighted by molar-refractivity contribution is 0.0356. The van der Waals surface area contributed by atoms with Crippen LogP contribution in [0.5, 0.6) is 0 Å². The SMILES string of the molecule is CCCCCCOCC(O)CNCCc1ccc(Cl)cc1. The van der Waals surface area contributed by atoms with Crippen molar-refractivity contribution in [2.75, 3.05) is 26.3 Å². The minimum absolute atomic E-state index is 0.417. The molecule has 1 atom stereocenters. The second kappa shape index (κ2) is 12.0. The van der Waals surface area contributed by atoms with Gasteiger partial charge in [-0.25, -0.2) is 0 Å². The van der Waals surface area contributed by atoms with E-state index in [1.54, 1.807) is 0 Å². The number of aliphatic hydroxyl groups excluding tert-OH is 1. The van der Waals surface area contributed by atoms with Crippen LogP contribution >= 0.6 is 11.6 Å². The summed E-state index contributed by atoms with van der Waals surface area (Å²) in [5.41, 5.74) is 1.24. The average Bonchev–Trinajstić information content (AvgIpc) is 2.49. The largest absolute Gasteiger partial charge is 0.389 e. The molecule has 0 saturated carbocycles. The van der Waals surface area contributed by atoms with Crippen molar-refractivity contribution >= 4 is 11.6 Å². The van der Waals surface area contributed by atoms with Crippen LogP contribution in [0.4, 0.5) is 0 Å². The summed E-state index contributed by atoms with van der Waals surface area (Å²) in [5.74, 6) is 0. The number of rotatable bonds is 12. The van der Waals surface area contributed by atoms with Crippen LogP contribution in [0, 0.1) is 0 Å². The first kappa shape index (κ1) is 18.4. The van der Waals surface area contributed by atoms with Gasteiger partial charge in [-0.1, -0.05) is 49.9 Å². The molecule has 1 rings (SSSR count). The molecule has 1 aromatic carbocycles. The van der Waals surface area contributed by atoms with Crippen molar-refractivity contribution in [3.8, 4) is 0 Å². The van der Waals surface area contributed by atoms with Crippen LogP contribution in [0.1, 0.15) is 38.2 Å². The minimum atomic E-state index is -0.429. The van der Waals surface area contributed by atoms with Gasteiger partial charge >= 0.3 is 0 Å². The van der Waals surface area contributed by atoms with Crippen molar-refractivity contribution in [1.82, 2.24) is 5.32 Å². The molecule has 3 nitrogen and oxygen atoms in total. The van der Waals surface area contributed by atoms with Crippen LogP contribution in [0.3, 0.4) is 0 Å². The van der Waals surface area contributed by atoms with E-state index in [4.69, 9.17) is 16.3 Å². The molecule has 0 saturated heterocycles. The molecule has 0 bridgehead atoms. The molecule has 0 aliphatic carbocycles. The van der Waals surface area contributed by atoms with Crippen LogP contribution in [-0.4, -0.2) is 37.5 Å². The van der Waals surface area contributed by atoms with Gasteiger partial charge in [0, 0.05) is 18.2 Å². The monoisotopic (exact) mass is 313 g/mol. The fourth-order valence-electron chi connectivity index (χ4n) is 2.06. The van der Waals surface area contributed by atoms with Crippen molar-refractivity contribution in [2.24, 2.45) is 0 Å². The number of hydrogen-bond donors (Lipinski definition) is 2. The van der Waals surface area contributed by atoms with Gasteiger partial charge in [0.1, 0.15) is 0 Å². The summed E-state index contributed by atoms with van der Waals surface area (Å²) in [6.07, 6.45) is 5.30. The Balaban J connectivity index is 1.95. The van der Waals surface area contributed by atoms with Gasteiger partial charge in [-0.3, -0.25) is 0 Å². The molecule has 0 fully saturated rings. The zero-order valence-corrected chi connectivity index (χ0v) is 13.7. The van der Waals surface area contributed by atoms with E-state index in [0.29, 0.717) is 13.2 Å². The topological polar surface area (TPSA) is 41.5 Å². The number of ether oxygens (including phenoxy) is 1. The Labute approximate surface area is 133 Å². The normalized spacial score (nSPS) is 12.5. The highest BCUT2D eigenvalue weighted by atomic mass is 35.5. The fourth-order valence-corrected chi connectivity index (χ4v) is 2.19. The van der Waals surface area contributed by atoms with Crippen LogP contribution in [-0.2, 0) is 11.2 Å². The van der Waals surface area contributed by atoms with E-state index in [0.717, 1.165) is 31.0 Å². The highest BCUT2D eigenvalue weighted by Gasteiger charge is 2.03. The summed E-state index contributed by atoms with van der Waals surface area (Å²) < 4.78 is 5.47. The maximum Gasteiger partial charge on any atom is 0.0897 e. The summed E-state index contributed by atoms with van der Waals surface area (Å²) in [6, 6.07) is 7.86. The molecule has 0 radical (unpaired) electrons. The molecule has 0 aliphatic rings. The number of halogens is 1. The number of unbranched alkanes of at least 4 members (excludes halogenated alkanes) is 3. The van der Waals surface area contributed by atoms with E-state index in [2.05, 4.69) is 12.2 Å².